The number of thiophene rings is 1. The average Bonchev–Trinajstić information content (AvgIpc) is 3.63. The van der Waals surface area contributed by atoms with Crippen molar-refractivity contribution in [2.45, 2.75) is 116 Å². The van der Waals surface area contributed by atoms with Crippen molar-refractivity contribution in [2.75, 3.05) is 6.54 Å². The van der Waals surface area contributed by atoms with Crippen molar-refractivity contribution < 1.29 is 4.79 Å². The van der Waals surface area contributed by atoms with Gasteiger partial charge >= 0.3 is 0 Å². The van der Waals surface area contributed by atoms with E-state index in [1.54, 1.807) is 11.3 Å². The summed E-state index contributed by atoms with van der Waals surface area (Å²) in [4.78, 5) is 17.2. The molecule has 4 heterocycles. The van der Waals surface area contributed by atoms with Gasteiger partial charge in [-0.1, -0.05) is 33.3 Å². The second-order valence-electron chi connectivity index (χ2n) is 11.5. The number of carbonyl (C=O) groups is 1. The first-order valence-electron chi connectivity index (χ1n) is 14.0. The molecule has 1 aliphatic carbocycles. The lowest BCUT2D eigenvalue weighted by molar-refractivity contribution is -0.125. The molecule has 2 bridgehead atoms. The van der Waals surface area contributed by atoms with Crippen LogP contribution in [0.2, 0.25) is 0 Å². The minimum absolute atomic E-state index is 0.132. The van der Waals surface area contributed by atoms with Crippen molar-refractivity contribution in [2.24, 2.45) is 11.8 Å². The van der Waals surface area contributed by atoms with E-state index in [1.165, 1.54) is 43.4 Å². The van der Waals surface area contributed by atoms with E-state index in [4.69, 9.17) is 0 Å². The molecule has 1 amide bonds. The number of aromatic nitrogens is 3. The normalized spacial score (nSPS) is 29.7. The van der Waals surface area contributed by atoms with E-state index in [-0.39, 0.29) is 17.9 Å². The van der Waals surface area contributed by atoms with E-state index in [1.807, 2.05) is 0 Å². The van der Waals surface area contributed by atoms with Crippen LogP contribution in [0.1, 0.15) is 113 Å². The SMILES string of the molecule is CCC1CCC(C(=O)N[C@@H](CCN2[C@@H]3CC[C@H]2C[C@H](n2c(C)nnc2C(C)C)C3)c2cccs2)C1. The van der Waals surface area contributed by atoms with Crippen LogP contribution in [0.3, 0.4) is 0 Å². The summed E-state index contributed by atoms with van der Waals surface area (Å²) in [7, 11) is 0. The van der Waals surface area contributed by atoms with Crippen molar-refractivity contribution in [3.8, 4) is 0 Å². The van der Waals surface area contributed by atoms with E-state index >= 15 is 0 Å². The van der Waals surface area contributed by atoms with Crippen molar-refractivity contribution >= 4 is 17.2 Å². The van der Waals surface area contributed by atoms with Crippen LogP contribution in [0.15, 0.2) is 17.5 Å². The largest absolute Gasteiger partial charge is 0.348 e. The summed E-state index contributed by atoms with van der Waals surface area (Å²) in [5.74, 6) is 3.81. The third kappa shape index (κ3) is 5.22. The van der Waals surface area contributed by atoms with Gasteiger partial charge in [0.15, 0.2) is 0 Å². The molecule has 2 aromatic heterocycles. The monoisotopic (exact) mass is 497 g/mol. The van der Waals surface area contributed by atoms with Gasteiger partial charge in [-0.15, -0.1) is 21.5 Å². The maximum absolute atomic E-state index is 13.2. The summed E-state index contributed by atoms with van der Waals surface area (Å²) in [6.07, 6.45) is 10.5. The molecular weight excluding hydrogens is 454 g/mol. The number of hydrogen-bond donors (Lipinski definition) is 1. The quantitative estimate of drug-likeness (QED) is 0.461. The molecule has 35 heavy (non-hydrogen) atoms. The fraction of sp³-hybridized carbons (Fsp3) is 0.750. The molecule has 1 N–H and O–H groups in total. The van der Waals surface area contributed by atoms with Crippen LogP contribution in [0.5, 0.6) is 0 Å². The first kappa shape index (κ1) is 24.9. The lowest BCUT2D eigenvalue weighted by Gasteiger charge is -2.40. The Morgan fingerprint density at radius 3 is 2.51 bits per heavy atom. The van der Waals surface area contributed by atoms with Crippen LogP contribution in [0.4, 0.5) is 0 Å². The van der Waals surface area contributed by atoms with E-state index in [2.05, 4.69) is 70.2 Å². The van der Waals surface area contributed by atoms with Gasteiger partial charge in [0, 0.05) is 41.4 Å². The number of hydrogen-bond acceptors (Lipinski definition) is 5. The Bertz CT molecular complexity index is 972. The Morgan fingerprint density at radius 1 is 1.11 bits per heavy atom. The van der Waals surface area contributed by atoms with E-state index in [9.17, 15) is 4.79 Å². The van der Waals surface area contributed by atoms with Gasteiger partial charge in [0.25, 0.3) is 0 Å². The summed E-state index contributed by atoms with van der Waals surface area (Å²) in [5, 5.41) is 14.5. The molecule has 0 aromatic carbocycles. The minimum Gasteiger partial charge on any atom is -0.348 e. The number of carbonyl (C=O) groups excluding carboxylic acids is 1. The van der Waals surface area contributed by atoms with Gasteiger partial charge in [0.2, 0.25) is 5.91 Å². The fourth-order valence-electron chi connectivity index (χ4n) is 7.08. The molecule has 3 fully saturated rings. The number of aryl methyl sites for hydroxylation is 1. The standard InChI is InChI=1S/C28H43N5OS/c1-5-20-8-9-21(15-20)28(34)29-25(26-7-6-14-35-26)12-13-32-22-10-11-23(32)17-24(16-22)33-19(4)30-31-27(33)18(2)3/h6-7,14,18,20-25H,5,8-13,15-17H2,1-4H3,(H,29,34)/t20?,21?,22-,23+,24-,25-/m0/s1. The first-order chi connectivity index (χ1) is 16.9. The van der Waals surface area contributed by atoms with E-state index in [0.29, 0.717) is 24.0 Å². The summed E-state index contributed by atoms with van der Waals surface area (Å²) >= 11 is 1.78. The van der Waals surface area contributed by atoms with Gasteiger partial charge in [-0.3, -0.25) is 9.69 Å². The number of nitrogens with one attached hydrogen (secondary N) is 1. The Morgan fingerprint density at radius 2 is 1.89 bits per heavy atom. The second kappa shape index (κ2) is 10.7. The molecule has 0 spiro atoms. The molecule has 6 atom stereocenters. The molecule has 2 aliphatic heterocycles. The molecule has 7 heteroatoms. The van der Waals surface area contributed by atoms with Gasteiger partial charge < -0.3 is 9.88 Å². The smallest absolute Gasteiger partial charge is 0.223 e. The van der Waals surface area contributed by atoms with Crippen molar-refractivity contribution in [3.05, 3.63) is 34.0 Å². The summed E-state index contributed by atoms with van der Waals surface area (Å²) in [6, 6.07) is 6.21. The van der Waals surface area contributed by atoms with E-state index < -0.39 is 0 Å². The summed E-state index contributed by atoms with van der Waals surface area (Å²) in [6.45, 7) is 9.86. The van der Waals surface area contributed by atoms with Crippen LogP contribution in [-0.2, 0) is 4.79 Å². The van der Waals surface area contributed by atoms with Gasteiger partial charge in [0.05, 0.1) is 6.04 Å². The highest BCUT2D eigenvalue weighted by Gasteiger charge is 2.42. The number of nitrogens with zero attached hydrogens (tertiary/aromatic N) is 4. The Kier molecular flexibility index (Phi) is 7.63. The highest BCUT2D eigenvalue weighted by atomic mass is 32.1. The van der Waals surface area contributed by atoms with Crippen LogP contribution in [0, 0.1) is 18.8 Å². The number of fused-ring (bicyclic) bond motifs is 2. The number of rotatable bonds is 9. The third-order valence-corrected chi connectivity index (χ3v) is 9.99. The van der Waals surface area contributed by atoms with Crippen LogP contribution in [0.25, 0.3) is 0 Å². The molecule has 1 saturated carbocycles. The van der Waals surface area contributed by atoms with Gasteiger partial charge in [-0.2, -0.15) is 0 Å². The van der Waals surface area contributed by atoms with Crippen LogP contribution >= 0.6 is 11.3 Å². The zero-order chi connectivity index (χ0) is 24.5. The molecule has 2 saturated heterocycles. The number of amides is 1. The molecule has 6 nitrogen and oxygen atoms in total. The van der Waals surface area contributed by atoms with Crippen LogP contribution in [-0.4, -0.2) is 44.2 Å². The molecule has 192 valence electrons. The zero-order valence-electron chi connectivity index (χ0n) is 21.9. The minimum atomic E-state index is 0.132. The summed E-state index contributed by atoms with van der Waals surface area (Å²) < 4.78 is 2.44. The summed E-state index contributed by atoms with van der Waals surface area (Å²) in [5.41, 5.74) is 0. The second-order valence-corrected chi connectivity index (χ2v) is 12.5. The maximum atomic E-state index is 13.2. The van der Waals surface area contributed by atoms with Crippen molar-refractivity contribution in [3.63, 3.8) is 0 Å². The Hall–Kier alpha value is -1.73. The Balaban J connectivity index is 1.23. The maximum Gasteiger partial charge on any atom is 0.223 e. The average molecular weight is 498 g/mol. The predicted molar refractivity (Wildman–Crippen MR) is 142 cm³/mol. The molecule has 2 aromatic rings. The molecular formula is C28H43N5OS. The van der Waals surface area contributed by atoms with E-state index in [0.717, 1.165) is 43.4 Å². The molecule has 0 radical (unpaired) electrons. The van der Waals surface area contributed by atoms with Crippen LogP contribution < -0.4 is 5.32 Å². The third-order valence-electron chi connectivity index (χ3n) is 9.00. The van der Waals surface area contributed by atoms with Gasteiger partial charge in [0.1, 0.15) is 11.6 Å². The highest BCUT2D eigenvalue weighted by Crippen LogP contribution is 2.42. The molecule has 5 rings (SSSR count). The zero-order valence-corrected chi connectivity index (χ0v) is 22.8. The Labute approximate surface area is 214 Å². The van der Waals surface area contributed by atoms with Crippen molar-refractivity contribution in [1.82, 2.24) is 25.0 Å². The molecule has 3 aliphatic rings. The topological polar surface area (TPSA) is 63.1 Å². The predicted octanol–water partition coefficient (Wildman–Crippen LogP) is 6.01. The lowest BCUT2D eigenvalue weighted by Crippen LogP contribution is -2.45. The number of piperidine rings is 1. The molecule has 2 unspecified atom stereocenters. The first-order valence-corrected chi connectivity index (χ1v) is 14.8. The van der Waals surface area contributed by atoms with Gasteiger partial charge in [-0.25, -0.2) is 0 Å². The highest BCUT2D eigenvalue weighted by molar-refractivity contribution is 7.10. The lowest BCUT2D eigenvalue weighted by atomic mass is 9.95. The fourth-order valence-corrected chi connectivity index (χ4v) is 7.89. The van der Waals surface area contributed by atoms with Gasteiger partial charge in [-0.05, 0) is 75.7 Å². The van der Waals surface area contributed by atoms with Crippen molar-refractivity contribution in [1.29, 1.82) is 0 Å².